The van der Waals surface area contributed by atoms with Crippen molar-refractivity contribution in [3.05, 3.63) is 23.3 Å². The summed E-state index contributed by atoms with van der Waals surface area (Å²) in [5, 5.41) is 4.14. The normalized spacial score (nSPS) is 33.8. The van der Waals surface area contributed by atoms with Gasteiger partial charge >= 0.3 is 0 Å². The lowest BCUT2D eigenvalue weighted by atomic mass is 9.63. The molecule has 2 fully saturated rings. The molecule has 0 bridgehead atoms. The van der Waals surface area contributed by atoms with Crippen molar-refractivity contribution >= 4 is 17.5 Å². The minimum Gasteiger partial charge on any atom is -0.379 e. The summed E-state index contributed by atoms with van der Waals surface area (Å²) in [4.78, 5) is 14.5. The molecule has 6 heteroatoms. The number of hydrogen-bond donors (Lipinski definition) is 2. The topological polar surface area (TPSA) is 67.6 Å². The van der Waals surface area contributed by atoms with E-state index in [9.17, 15) is 4.79 Å². The van der Waals surface area contributed by atoms with Crippen molar-refractivity contribution in [1.82, 2.24) is 10.2 Å². The highest BCUT2D eigenvalue weighted by Gasteiger charge is 2.40. The molecule has 3 aliphatic rings. The summed E-state index contributed by atoms with van der Waals surface area (Å²) in [5.41, 5.74) is 6.30. The quantitative estimate of drug-likeness (QED) is 0.780. The molecule has 0 aromatic heterocycles. The number of halogens is 1. The number of rotatable bonds is 5. The highest BCUT2D eigenvalue weighted by Crippen LogP contribution is 2.46. The van der Waals surface area contributed by atoms with Gasteiger partial charge in [0.15, 0.2) is 0 Å². The monoisotopic (exact) mass is 367 g/mol. The lowest BCUT2D eigenvalue weighted by Gasteiger charge is -2.45. The molecule has 25 heavy (non-hydrogen) atoms. The SMILES string of the molecule is NCC1(C2C=CC=C(Cl)C2)CCC(NC(=O)CN2CCOCC2)CC1. The van der Waals surface area contributed by atoms with Crippen molar-refractivity contribution in [1.29, 1.82) is 0 Å². The van der Waals surface area contributed by atoms with E-state index in [2.05, 4.69) is 22.4 Å². The van der Waals surface area contributed by atoms with E-state index in [1.54, 1.807) is 0 Å². The van der Waals surface area contributed by atoms with Crippen LogP contribution in [0.3, 0.4) is 0 Å². The second-order valence-corrected chi connectivity index (χ2v) is 8.09. The van der Waals surface area contributed by atoms with Crippen LogP contribution in [-0.2, 0) is 9.53 Å². The van der Waals surface area contributed by atoms with Crippen LogP contribution in [0.1, 0.15) is 32.1 Å². The van der Waals surface area contributed by atoms with Gasteiger partial charge in [-0.3, -0.25) is 9.69 Å². The molecule has 0 aromatic rings. The number of amides is 1. The van der Waals surface area contributed by atoms with Crippen LogP contribution in [0.15, 0.2) is 23.3 Å². The van der Waals surface area contributed by atoms with E-state index in [-0.39, 0.29) is 17.4 Å². The molecule has 1 atom stereocenters. The van der Waals surface area contributed by atoms with Crippen molar-refractivity contribution in [3.8, 4) is 0 Å². The van der Waals surface area contributed by atoms with Crippen LogP contribution >= 0.6 is 11.6 Å². The van der Waals surface area contributed by atoms with Gasteiger partial charge < -0.3 is 15.8 Å². The van der Waals surface area contributed by atoms with Crippen LogP contribution < -0.4 is 11.1 Å². The number of nitrogens with zero attached hydrogens (tertiary/aromatic N) is 1. The first-order valence-corrected chi connectivity index (χ1v) is 9.81. The zero-order valence-electron chi connectivity index (χ0n) is 14.9. The first-order chi connectivity index (χ1) is 12.1. The average molecular weight is 368 g/mol. The van der Waals surface area contributed by atoms with Gasteiger partial charge in [-0.1, -0.05) is 23.8 Å². The van der Waals surface area contributed by atoms with Gasteiger partial charge in [-0.05, 0) is 56.1 Å². The van der Waals surface area contributed by atoms with E-state index in [4.69, 9.17) is 22.1 Å². The number of nitrogens with one attached hydrogen (secondary N) is 1. The highest BCUT2D eigenvalue weighted by molar-refractivity contribution is 6.29. The molecule has 1 unspecified atom stereocenters. The molecule has 1 saturated carbocycles. The van der Waals surface area contributed by atoms with E-state index in [1.165, 1.54) is 0 Å². The maximum atomic E-state index is 12.3. The molecule has 5 nitrogen and oxygen atoms in total. The molecule has 0 aromatic carbocycles. The molecule has 1 amide bonds. The van der Waals surface area contributed by atoms with Crippen LogP contribution in [-0.4, -0.2) is 56.2 Å². The van der Waals surface area contributed by atoms with E-state index in [1.807, 2.05) is 6.08 Å². The zero-order chi connectivity index (χ0) is 17.7. The number of ether oxygens (including phenoxy) is 1. The summed E-state index contributed by atoms with van der Waals surface area (Å²) in [7, 11) is 0. The van der Waals surface area contributed by atoms with Gasteiger partial charge in [0.2, 0.25) is 5.91 Å². The Morgan fingerprint density at radius 2 is 2.08 bits per heavy atom. The molecule has 1 heterocycles. The second kappa shape index (κ2) is 8.67. The Labute approximate surface area is 155 Å². The second-order valence-electron chi connectivity index (χ2n) is 7.61. The van der Waals surface area contributed by atoms with Crippen molar-refractivity contribution in [2.24, 2.45) is 17.1 Å². The largest absolute Gasteiger partial charge is 0.379 e. The number of morpholine rings is 1. The molecular weight excluding hydrogens is 338 g/mol. The Morgan fingerprint density at radius 3 is 2.72 bits per heavy atom. The molecule has 140 valence electrons. The van der Waals surface area contributed by atoms with E-state index in [0.717, 1.165) is 63.4 Å². The number of hydrogen-bond acceptors (Lipinski definition) is 4. The number of carbonyl (C=O) groups is 1. The Balaban J connectivity index is 1.48. The van der Waals surface area contributed by atoms with E-state index >= 15 is 0 Å². The zero-order valence-corrected chi connectivity index (χ0v) is 15.6. The van der Waals surface area contributed by atoms with Gasteiger partial charge in [-0.2, -0.15) is 0 Å². The van der Waals surface area contributed by atoms with Crippen molar-refractivity contribution in [3.63, 3.8) is 0 Å². The van der Waals surface area contributed by atoms with Crippen LogP contribution in [0.5, 0.6) is 0 Å². The standard InChI is InChI=1S/C19H30ClN3O2/c20-16-3-1-2-15(12-16)19(14-21)6-4-17(5-7-19)22-18(24)13-23-8-10-25-11-9-23/h1-3,15,17H,4-14,21H2,(H,22,24). The summed E-state index contributed by atoms with van der Waals surface area (Å²) < 4.78 is 5.33. The lowest BCUT2D eigenvalue weighted by molar-refractivity contribution is -0.124. The van der Waals surface area contributed by atoms with Crippen LogP contribution in [0.25, 0.3) is 0 Å². The summed E-state index contributed by atoms with van der Waals surface area (Å²) in [5.74, 6) is 0.552. The average Bonchev–Trinajstić information content (AvgIpc) is 2.63. The third-order valence-electron chi connectivity index (χ3n) is 6.05. The molecule has 1 aliphatic heterocycles. The fraction of sp³-hybridized carbons (Fsp3) is 0.737. The van der Waals surface area contributed by atoms with Gasteiger partial charge in [-0.25, -0.2) is 0 Å². The third-order valence-corrected chi connectivity index (χ3v) is 6.33. The van der Waals surface area contributed by atoms with E-state index in [0.29, 0.717) is 19.0 Å². The maximum absolute atomic E-state index is 12.3. The van der Waals surface area contributed by atoms with Crippen molar-refractivity contribution < 1.29 is 9.53 Å². The van der Waals surface area contributed by atoms with Crippen molar-refractivity contribution in [2.75, 3.05) is 39.4 Å². The predicted octanol–water partition coefficient (Wildman–Crippen LogP) is 2.02. The fourth-order valence-electron chi connectivity index (χ4n) is 4.36. The predicted molar refractivity (Wildman–Crippen MR) is 100 cm³/mol. The van der Waals surface area contributed by atoms with Gasteiger partial charge in [-0.15, -0.1) is 0 Å². The van der Waals surface area contributed by atoms with Crippen LogP contribution in [0.4, 0.5) is 0 Å². The number of allylic oxidation sites excluding steroid dienone is 4. The Kier molecular flexibility index (Phi) is 6.55. The third kappa shape index (κ3) is 4.85. The molecular formula is C19H30ClN3O2. The van der Waals surface area contributed by atoms with E-state index < -0.39 is 0 Å². The molecule has 3 N–H and O–H groups in total. The van der Waals surface area contributed by atoms with Gasteiger partial charge in [0.1, 0.15) is 0 Å². The van der Waals surface area contributed by atoms with Gasteiger partial charge in [0.25, 0.3) is 0 Å². The van der Waals surface area contributed by atoms with Crippen LogP contribution in [0.2, 0.25) is 0 Å². The first kappa shape index (κ1) is 18.9. The summed E-state index contributed by atoms with van der Waals surface area (Å²) in [6, 6.07) is 0.270. The Bertz CT molecular complexity index is 521. The summed E-state index contributed by atoms with van der Waals surface area (Å²) in [6.07, 6.45) is 11.3. The van der Waals surface area contributed by atoms with Crippen LogP contribution in [0, 0.1) is 11.3 Å². The minimum absolute atomic E-state index is 0.121. The fourth-order valence-corrected chi connectivity index (χ4v) is 4.60. The molecule has 1 saturated heterocycles. The lowest BCUT2D eigenvalue weighted by Crippen LogP contribution is -2.49. The first-order valence-electron chi connectivity index (χ1n) is 9.44. The van der Waals surface area contributed by atoms with Crippen molar-refractivity contribution in [2.45, 2.75) is 38.1 Å². The van der Waals surface area contributed by atoms with Gasteiger partial charge in [0, 0.05) is 24.2 Å². The minimum atomic E-state index is 0.121. The number of nitrogens with two attached hydrogens (primary N) is 1. The summed E-state index contributed by atoms with van der Waals surface area (Å²) >= 11 is 6.24. The Hall–Kier alpha value is -0.880. The highest BCUT2D eigenvalue weighted by atomic mass is 35.5. The molecule has 2 aliphatic carbocycles. The molecule has 3 rings (SSSR count). The Morgan fingerprint density at radius 1 is 1.36 bits per heavy atom. The smallest absolute Gasteiger partial charge is 0.234 e. The maximum Gasteiger partial charge on any atom is 0.234 e. The molecule has 0 radical (unpaired) electrons. The van der Waals surface area contributed by atoms with Gasteiger partial charge in [0.05, 0.1) is 19.8 Å². The summed E-state index contributed by atoms with van der Waals surface area (Å²) in [6.45, 7) is 4.30. The number of carbonyl (C=O) groups excluding carboxylic acids is 1. The molecule has 0 spiro atoms.